The highest BCUT2D eigenvalue weighted by molar-refractivity contribution is 7.99. The van der Waals surface area contributed by atoms with Gasteiger partial charge < -0.3 is 15.1 Å². The normalized spacial score (nSPS) is 13.5. The van der Waals surface area contributed by atoms with Gasteiger partial charge >= 0.3 is 0 Å². The van der Waals surface area contributed by atoms with E-state index in [1.807, 2.05) is 23.9 Å². The van der Waals surface area contributed by atoms with E-state index in [4.69, 9.17) is 0 Å². The lowest BCUT2D eigenvalue weighted by Gasteiger charge is -2.31. The Morgan fingerprint density at radius 1 is 1.14 bits per heavy atom. The summed E-state index contributed by atoms with van der Waals surface area (Å²) >= 11 is 1.87. The number of fused-ring (bicyclic) bond motifs is 1. The molecule has 0 aliphatic carbocycles. The molecule has 2 aromatic carbocycles. The number of nitrogens with zero attached hydrogens (tertiary/aromatic N) is 2. The third-order valence-electron chi connectivity index (χ3n) is 5.23. The van der Waals surface area contributed by atoms with Crippen molar-refractivity contribution in [3.8, 4) is 0 Å². The second kappa shape index (κ2) is 10.5. The van der Waals surface area contributed by atoms with Crippen LogP contribution >= 0.6 is 11.8 Å². The molecule has 0 saturated carbocycles. The number of amides is 1. The monoisotopic (exact) mass is 397 g/mol. The number of carbonyl (C=O) groups excluding carboxylic acids is 1. The van der Waals surface area contributed by atoms with Crippen LogP contribution in [0.25, 0.3) is 0 Å². The van der Waals surface area contributed by atoms with Gasteiger partial charge in [0.2, 0.25) is 0 Å². The van der Waals surface area contributed by atoms with Crippen molar-refractivity contribution in [3.05, 3.63) is 59.7 Å². The molecule has 0 unspecified atom stereocenters. The molecule has 0 atom stereocenters. The first-order valence-corrected chi connectivity index (χ1v) is 11.3. The topological polar surface area (TPSA) is 35.6 Å². The quantitative estimate of drug-likeness (QED) is 0.641. The summed E-state index contributed by atoms with van der Waals surface area (Å²) in [7, 11) is 0. The molecule has 3 rings (SSSR count). The lowest BCUT2D eigenvalue weighted by Crippen LogP contribution is -2.31. The van der Waals surface area contributed by atoms with Crippen molar-refractivity contribution in [2.24, 2.45) is 0 Å². The van der Waals surface area contributed by atoms with Crippen molar-refractivity contribution in [2.75, 3.05) is 43.4 Å². The number of hydrogen-bond donors (Lipinski definition) is 1. The first kappa shape index (κ1) is 20.7. The third-order valence-corrected chi connectivity index (χ3v) is 6.27. The van der Waals surface area contributed by atoms with Crippen molar-refractivity contribution in [3.63, 3.8) is 0 Å². The molecule has 1 amide bonds. The van der Waals surface area contributed by atoms with E-state index < -0.39 is 0 Å². The van der Waals surface area contributed by atoms with E-state index >= 15 is 0 Å². The highest BCUT2D eigenvalue weighted by Gasteiger charge is 2.19. The molecule has 2 aromatic rings. The Kier molecular flexibility index (Phi) is 7.80. The van der Waals surface area contributed by atoms with Gasteiger partial charge in [-0.2, -0.15) is 0 Å². The van der Waals surface area contributed by atoms with Crippen LogP contribution in [0.4, 0.5) is 5.69 Å². The smallest absolute Gasteiger partial charge is 0.251 e. The molecule has 4 nitrogen and oxygen atoms in total. The fourth-order valence-electron chi connectivity index (χ4n) is 3.53. The fourth-order valence-corrected chi connectivity index (χ4v) is 4.56. The number of carbonyl (C=O) groups is 1. The average molecular weight is 398 g/mol. The molecule has 1 aliphatic heterocycles. The molecule has 5 heteroatoms. The Labute approximate surface area is 173 Å². The molecule has 0 radical (unpaired) electrons. The molecule has 1 heterocycles. The van der Waals surface area contributed by atoms with E-state index in [9.17, 15) is 4.79 Å². The van der Waals surface area contributed by atoms with Crippen molar-refractivity contribution in [1.82, 2.24) is 10.2 Å². The van der Waals surface area contributed by atoms with Gasteiger partial charge in [-0.15, -0.1) is 11.8 Å². The lowest BCUT2D eigenvalue weighted by molar-refractivity contribution is 0.0952. The number of benzene rings is 2. The van der Waals surface area contributed by atoms with E-state index in [1.54, 1.807) is 0 Å². The molecule has 0 saturated heterocycles. The first-order chi connectivity index (χ1) is 13.7. The summed E-state index contributed by atoms with van der Waals surface area (Å²) in [5, 5.41) is 3.08. The van der Waals surface area contributed by atoms with Crippen LogP contribution in [-0.4, -0.2) is 49.3 Å². The molecule has 150 valence electrons. The minimum atomic E-state index is 0.0255. The fraction of sp³-hybridized carbons (Fsp3) is 0.435. The lowest BCUT2D eigenvalue weighted by atomic mass is 10.1. The summed E-state index contributed by atoms with van der Waals surface area (Å²) < 4.78 is 0. The molecule has 0 bridgehead atoms. The van der Waals surface area contributed by atoms with Gasteiger partial charge in [-0.25, -0.2) is 0 Å². The maximum Gasteiger partial charge on any atom is 0.251 e. The zero-order chi connectivity index (χ0) is 19.8. The van der Waals surface area contributed by atoms with Crippen molar-refractivity contribution in [2.45, 2.75) is 31.7 Å². The van der Waals surface area contributed by atoms with Crippen LogP contribution in [0.15, 0.2) is 53.4 Å². The number of hydrogen-bond acceptors (Lipinski definition) is 4. The van der Waals surface area contributed by atoms with Crippen molar-refractivity contribution in [1.29, 1.82) is 0 Å². The SMILES string of the molecule is CCN(CC)CCCNC(=O)c1ccc2c(c1)N(Cc1ccccc1)CCS2. The Morgan fingerprint density at radius 3 is 2.68 bits per heavy atom. The summed E-state index contributed by atoms with van der Waals surface area (Å²) in [6.45, 7) is 10.1. The van der Waals surface area contributed by atoms with Crippen LogP contribution in [0, 0.1) is 0 Å². The molecular weight excluding hydrogens is 366 g/mol. The van der Waals surface area contributed by atoms with Gasteiger partial charge in [0.25, 0.3) is 5.91 Å². The predicted octanol–water partition coefficient (Wildman–Crippen LogP) is 4.26. The molecule has 0 aromatic heterocycles. The van der Waals surface area contributed by atoms with E-state index in [1.165, 1.54) is 16.1 Å². The molecule has 1 N–H and O–H groups in total. The van der Waals surface area contributed by atoms with Crippen LogP contribution in [0.1, 0.15) is 36.2 Å². The Balaban J connectivity index is 1.62. The highest BCUT2D eigenvalue weighted by atomic mass is 32.2. The van der Waals surface area contributed by atoms with Gasteiger partial charge in [-0.05, 0) is 49.8 Å². The van der Waals surface area contributed by atoms with Crippen LogP contribution < -0.4 is 10.2 Å². The summed E-state index contributed by atoms with van der Waals surface area (Å²) in [6.07, 6.45) is 0.981. The highest BCUT2D eigenvalue weighted by Crippen LogP contribution is 2.36. The zero-order valence-electron chi connectivity index (χ0n) is 17.0. The maximum atomic E-state index is 12.6. The Morgan fingerprint density at radius 2 is 1.93 bits per heavy atom. The summed E-state index contributed by atoms with van der Waals surface area (Å²) in [6, 6.07) is 16.6. The van der Waals surface area contributed by atoms with Crippen molar-refractivity contribution < 1.29 is 4.79 Å². The van der Waals surface area contributed by atoms with Crippen LogP contribution in [-0.2, 0) is 6.54 Å². The van der Waals surface area contributed by atoms with Gasteiger partial charge in [-0.1, -0.05) is 44.2 Å². The second-order valence-corrected chi connectivity index (χ2v) is 8.21. The standard InChI is InChI=1S/C23H31N3OS/c1-3-25(4-2)14-8-13-24-23(27)20-11-12-22-21(17-20)26(15-16-28-22)18-19-9-6-5-7-10-19/h5-7,9-12,17H,3-4,8,13-16,18H2,1-2H3,(H,24,27). The van der Waals surface area contributed by atoms with Gasteiger partial charge in [-0.3, -0.25) is 4.79 Å². The number of thioether (sulfide) groups is 1. The minimum absolute atomic E-state index is 0.0255. The van der Waals surface area contributed by atoms with Gasteiger partial charge in [0.1, 0.15) is 0 Å². The van der Waals surface area contributed by atoms with Crippen LogP contribution in [0.5, 0.6) is 0 Å². The van der Waals surface area contributed by atoms with Crippen LogP contribution in [0.2, 0.25) is 0 Å². The van der Waals surface area contributed by atoms with Crippen LogP contribution in [0.3, 0.4) is 0 Å². The van der Waals surface area contributed by atoms with Gasteiger partial charge in [0, 0.05) is 35.8 Å². The number of nitrogens with one attached hydrogen (secondary N) is 1. The Hall–Kier alpha value is -1.98. The van der Waals surface area contributed by atoms with E-state index in [-0.39, 0.29) is 5.91 Å². The van der Waals surface area contributed by atoms with Crippen molar-refractivity contribution >= 4 is 23.4 Å². The van der Waals surface area contributed by atoms with Gasteiger partial charge in [0.05, 0.1) is 5.69 Å². The van der Waals surface area contributed by atoms with E-state index in [0.717, 1.165) is 57.0 Å². The molecule has 1 aliphatic rings. The Bertz CT molecular complexity index is 762. The first-order valence-electron chi connectivity index (χ1n) is 10.3. The van der Waals surface area contributed by atoms with E-state index in [0.29, 0.717) is 0 Å². The number of anilines is 1. The number of rotatable bonds is 9. The summed E-state index contributed by atoms with van der Waals surface area (Å²) in [5.74, 6) is 1.11. The van der Waals surface area contributed by atoms with Gasteiger partial charge in [0.15, 0.2) is 0 Å². The third kappa shape index (κ3) is 5.52. The molecule has 28 heavy (non-hydrogen) atoms. The maximum absolute atomic E-state index is 12.6. The molecule has 0 spiro atoms. The predicted molar refractivity (Wildman–Crippen MR) is 119 cm³/mol. The summed E-state index contributed by atoms with van der Waals surface area (Å²) in [4.78, 5) is 18.7. The second-order valence-electron chi connectivity index (χ2n) is 7.07. The summed E-state index contributed by atoms with van der Waals surface area (Å²) in [5.41, 5.74) is 3.23. The minimum Gasteiger partial charge on any atom is -0.365 e. The molecule has 0 fully saturated rings. The average Bonchev–Trinajstić information content (AvgIpc) is 2.74. The molecular formula is C23H31N3OS. The largest absolute Gasteiger partial charge is 0.365 e. The van der Waals surface area contributed by atoms with E-state index in [2.05, 4.69) is 65.4 Å². The zero-order valence-corrected chi connectivity index (χ0v) is 17.8.